The van der Waals surface area contributed by atoms with Crippen LogP contribution >= 0.6 is 0 Å². The highest BCUT2D eigenvalue weighted by Gasteiger charge is 2.09. The Hall–Kier alpha value is -2.79. The molecular formula is C22H26O5. The molecule has 0 bridgehead atoms. The number of aliphatic hydroxyl groups excluding tert-OH is 1. The predicted molar refractivity (Wildman–Crippen MR) is 105 cm³/mol. The van der Waals surface area contributed by atoms with Gasteiger partial charge in [-0.1, -0.05) is 44.2 Å². The zero-order chi connectivity index (χ0) is 19.5. The van der Waals surface area contributed by atoms with Crippen molar-refractivity contribution >= 4 is 5.97 Å². The van der Waals surface area contributed by atoms with Gasteiger partial charge in [0.1, 0.15) is 31.3 Å². The van der Waals surface area contributed by atoms with Gasteiger partial charge in [0.2, 0.25) is 0 Å². The molecule has 0 aliphatic heterocycles. The Morgan fingerprint density at radius 3 is 2.52 bits per heavy atom. The molecule has 0 aromatic heterocycles. The van der Waals surface area contributed by atoms with E-state index >= 15 is 0 Å². The number of esters is 1. The fourth-order valence-electron chi connectivity index (χ4n) is 2.62. The Kier molecular flexibility index (Phi) is 8.39. The van der Waals surface area contributed by atoms with Crippen LogP contribution < -0.4 is 9.47 Å². The summed E-state index contributed by atoms with van der Waals surface area (Å²) in [4.78, 5) is 11.1. The lowest BCUT2D eigenvalue weighted by Gasteiger charge is -2.14. The van der Waals surface area contributed by atoms with Gasteiger partial charge in [-0.05, 0) is 35.7 Å². The van der Waals surface area contributed by atoms with Gasteiger partial charge in [0.15, 0.2) is 0 Å². The van der Waals surface area contributed by atoms with E-state index in [4.69, 9.17) is 19.3 Å². The quantitative estimate of drug-likeness (QED) is 0.370. The second kappa shape index (κ2) is 11.0. The minimum absolute atomic E-state index is 0.0188. The van der Waals surface area contributed by atoms with Crippen molar-refractivity contribution in [1.29, 1.82) is 0 Å². The summed E-state index contributed by atoms with van der Waals surface area (Å²) in [6.45, 7) is 6.18. The van der Waals surface area contributed by atoms with Crippen LogP contribution in [0.5, 0.6) is 11.5 Å². The third kappa shape index (κ3) is 6.46. The number of ether oxygens (including phenoxy) is 3. The van der Waals surface area contributed by atoms with Crippen LogP contribution in [0.4, 0.5) is 0 Å². The van der Waals surface area contributed by atoms with Gasteiger partial charge in [0.25, 0.3) is 0 Å². The lowest BCUT2D eigenvalue weighted by molar-refractivity contribution is -0.138. The van der Waals surface area contributed by atoms with E-state index in [2.05, 4.69) is 19.6 Å². The molecule has 0 heterocycles. The number of hydrogen-bond acceptors (Lipinski definition) is 5. The van der Waals surface area contributed by atoms with Crippen molar-refractivity contribution in [2.24, 2.45) is 0 Å². The number of benzene rings is 2. The summed E-state index contributed by atoms with van der Waals surface area (Å²) in [6, 6.07) is 13.8. The molecule has 2 aromatic carbocycles. The second-order valence-electron chi connectivity index (χ2n) is 5.90. The molecule has 0 aliphatic rings. The van der Waals surface area contributed by atoms with E-state index < -0.39 is 5.97 Å². The van der Waals surface area contributed by atoms with Crippen LogP contribution in [0.15, 0.2) is 55.1 Å². The van der Waals surface area contributed by atoms with Gasteiger partial charge >= 0.3 is 5.97 Å². The van der Waals surface area contributed by atoms with Crippen molar-refractivity contribution in [2.45, 2.75) is 19.8 Å². The molecule has 144 valence electrons. The van der Waals surface area contributed by atoms with Gasteiger partial charge in [-0.25, -0.2) is 4.79 Å². The second-order valence-corrected chi connectivity index (χ2v) is 5.90. The molecule has 2 rings (SSSR count). The summed E-state index contributed by atoms with van der Waals surface area (Å²) in [5.74, 6) is 0.992. The van der Waals surface area contributed by atoms with Gasteiger partial charge in [-0.15, -0.1) is 0 Å². The van der Waals surface area contributed by atoms with E-state index in [0.29, 0.717) is 5.75 Å². The molecular weight excluding hydrogens is 344 g/mol. The predicted octanol–water partition coefficient (Wildman–Crippen LogP) is 3.79. The number of rotatable bonds is 11. The first-order valence-corrected chi connectivity index (χ1v) is 9.07. The van der Waals surface area contributed by atoms with E-state index in [1.165, 1.54) is 5.56 Å². The lowest BCUT2D eigenvalue weighted by Crippen LogP contribution is -2.10. The molecule has 0 spiro atoms. The third-order valence-corrected chi connectivity index (χ3v) is 3.86. The average Bonchev–Trinajstić information content (AvgIpc) is 2.70. The minimum atomic E-state index is -0.461. The summed E-state index contributed by atoms with van der Waals surface area (Å²) >= 11 is 0. The lowest BCUT2D eigenvalue weighted by atomic mass is 10.0. The standard InChI is InChI=1S/C22H26O5/c1-3-5-17-6-11-20(18-7-9-19(10-8-18)25-13-12-23)21(16-17)26-14-15-27-22(24)4-2/h4,6-11,16,23H,2-3,5,12-15H2,1H3. The largest absolute Gasteiger partial charge is 0.491 e. The van der Waals surface area contributed by atoms with Gasteiger partial charge in [0, 0.05) is 11.6 Å². The van der Waals surface area contributed by atoms with Crippen molar-refractivity contribution < 1.29 is 24.1 Å². The van der Waals surface area contributed by atoms with Crippen LogP contribution in [0.1, 0.15) is 18.9 Å². The van der Waals surface area contributed by atoms with Crippen molar-refractivity contribution in [3.8, 4) is 22.6 Å². The fraction of sp³-hybridized carbons (Fsp3) is 0.318. The Morgan fingerprint density at radius 1 is 1.07 bits per heavy atom. The van der Waals surface area contributed by atoms with Gasteiger partial charge < -0.3 is 19.3 Å². The first-order chi connectivity index (χ1) is 13.2. The van der Waals surface area contributed by atoms with Crippen LogP contribution in [0, 0.1) is 0 Å². The van der Waals surface area contributed by atoms with Crippen LogP contribution in [-0.4, -0.2) is 37.5 Å². The molecule has 0 aliphatic carbocycles. The highest BCUT2D eigenvalue weighted by molar-refractivity contribution is 5.81. The highest BCUT2D eigenvalue weighted by atomic mass is 16.6. The van der Waals surface area contributed by atoms with E-state index in [-0.39, 0.29) is 26.4 Å². The zero-order valence-electron chi connectivity index (χ0n) is 15.6. The first kappa shape index (κ1) is 20.5. The maximum absolute atomic E-state index is 11.1. The van der Waals surface area contributed by atoms with Crippen LogP contribution in [0.2, 0.25) is 0 Å². The van der Waals surface area contributed by atoms with Crippen LogP contribution in [0.3, 0.4) is 0 Å². The summed E-state index contributed by atoms with van der Waals surface area (Å²) in [7, 11) is 0. The van der Waals surface area contributed by atoms with Crippen molar-refractivity contribution in [1.82, 2.24) is 0 Å². The van der Waals surface area contributed by atoms with E-state index in [1.807, 2.05) is 36.4 Å². The van der Waals surface area contributed by atoms with Gasteiger partial charge in [0.05, 0.1) is 6.61 Å². The van der Waals surface area contributed by atoms with E-state index in [0.717, 1.165) is 35.8 Å². The Morgan fingerprint density at radius 2 is 1.85 bits per heavy atom. The topological polar surface area (TPSA) is 65.0 Å². The molecule has 0 saturated heterocycles. The molecule has 5 heteroatoms. The Balaban J connectivity index is 2.15. The van der Waals surface area contributed by atoms with Crippen LogP contribution in [0.25, 0.3) is 11.1 Å². The molecule has 0 radical (unpaired) electrons. The van der Waals surface area contributed by atoms with Crippen molar-refractivity contribution in [2.75, 3.05) is 26.4 Å². The van der Waals surface area contributed by atoms with E-state index in [9.17, 15) is 4.79 Å². The monoisotopic (exact) mass is 370 g/mol. The summed E-state index contributed by atoms with van der Waals surface area (Å²) in [5, 5.41) is 8.84. The van der Waals surface area contributed by atoms with Gasteiger partial charge in [-0.3, -0.25) is 0 Å². The molecule has 0 amide bonds. The molecule has 2 aromatic rings. The Bertz CT molecular complexity index is 737. The normalized spacial score (nSPS) is 10.3. The number of aryl methyl sites for hydroxylation is 1. The fourth-order valence-corrected chi connectivity index (χ4v) is 2.62. The van der Waals surface area contributed by atoms with E-state index in [1.54, 1.807) is 0 Å². The molecule has 0 atom stereocenters. The SMILES string of the molecule is C=CC(=O)OCCOc1cc(CCC)ccc1-c1ccc(OCCO)cc1. The maximum atomic E-state index is 11.1. The molecule has 0 unspecified atom stereocenters. The Labute approximate surface area is 160 Å². The highest BCUT2D eigenvalue weighted by Crippen LogP contribution is 2.32. The number of aliphatic hydroxyl groups is 1. The number of carbonyl (C=O) groups is 1. The number of carbonyl (C=O) groups excluding carboxylic acids is 1. The minimum Gasteiger partial charge on any atom is -0.491 e. The molecule has 0 fully saturated rings. The zero-order valence-corrected chi connectivity index (χ0v) is 15.6. The molecule has 27 heavy (non-hydrogen) atoms. The smallest absolute Gasteiger partial charge is 0.330 e. The molecule has 1 N–H and O–H groups in total. The van der Waals surface area contributed by atoms with Crippen LogP contribution in [-0.2, 0) is 16.0 Å². The summed E-state index contributed by atoms with van der Waals surface area (Å²) in [5.41, 5.74) is 3.15. The first-order valence-electron chi connectivity index (χ1n) is 9.07. The van der Waals surface area contributed by atoms with Gasteiger partial charge in [-0.2, -0.15) is 0 Å². The third-order valence-electron chi connectivity index (χ3n) is 3.86. The average molecular weight is 370 g/mol. The molecule has 5 nitrogen and oxygen atoms in total. The number of hydrogen-bond donors (Lipinski definition) is 1. The van der Waals surface area contributed by atoms with Crippen molar-refractivity contribution in [3.63, 3.8) is 0 Å². The van der Waals surface area contributed by atoms with Crippen molar-refractivity contribution in [3.05, 3.63) is 60.7 Å². The summed E-state index contributed by atoms with van der Waals surface area (Å²) < 4.78 is 16.3. The maximum Gasteiger partial charge on any atom is 0.330 e. The molecule has 0 saturated carbocycles. The summed E-state index contributed by atoms with van der Waals surface area (Å²) in [6.07, 6.45) is 3.15.